The van der Waals surface area contributed by atoms with E-state index in [1.54, 1.807) is 10.9 Å². The van der Waals surface area contributed by atoms with Gasteiger partial charge in [0.15, 0.2) is 5.82 Å². The van der Waals surface area contributed by atoms with Crippen LogP contribution in [-0.2, 0) is 17.3 Å². The fraction of sp³-hybridized carbons (Fsp3) is 0.909. The predicted molar refractivity (Wildman–Crippen MR) is 72.6 cm³/mol. The zero-order valence-corrected chi connectivity index (χ0v) is 12.6. The second-order valence-corrected chi connectivity index (χ2v) is 6.85. The minimum Gasteiger partial charge on any atom is -0.307 e. The van der Waals surface area contributed by atoms with Gasteiger partial charge in [-0.25, -0.2) is 4.68 Å². The summed E-state index contributed by atoms with van der Waals surface area (Å²) >= 11 is 0. The summed E-state index contributed by atoms with van der Waals surface area (Å²) in [5.74, 6) is 1.38. The number of aromatic nitrogens is 4. The Hall–Kier alpha value is -0.820. The maximum absolute atomic E-state index is 11.4. The molecule has 0 aliphatic carbocycles. The van der Waals surface area contributed by atoms with Gasteiger partial charge in [0, 0.05) is 17.1 Å². The molecule has 0 saturated carbocycles. The summed E-state index contributed by atoms with van der Waals surface area (Å²) in [5, 5.41) is 15.2. The molecule has 18 heavy (non-hydrogen) atoms. The first kappa shape index (κ1) is 15.2. The molecule has 0 amide bonds. The lowest BCUT2D eigenvalue weighted by Gasteiger charge is -2.16. The number of nitrogens with one attached hydrogen (secondary N) is 1. The molecule has 7 heteroatoms. The summed E-state index contributed by atoms with van der Waals surface area (Å²) in [5.41, 5.74) is 0. The molecule has 0 radical (unpaired) electrons. The lowest BCUT2D eigenvalue weighted by atomic mass is 10.2. The molecule has 0 aromatic carbocycles. The van der Waals surface area contributed by atoms with E-state index >= 15 is 0 Å². The Morgan fingerprint density at radius 3 is 2.56 bits per heavy atom. The highest BCUT2D eigenvalue weighted by atomic mass is 32.2. The third kappa shape index (κ3) is 4.45. The Balaban J connectivity index is 2.66. The van der Waals surface area contributed by atoms with Gasteiger partial charge in [0.1, 0.15) is 0 Å². The van der Waals surface area contributed by atoms with Crippen molar-refractivity contribution in [3.63, 3.8) is 0 Å². The van der Waals surface area contributed by atoms with E-state index in [0.717, 1.165) is 12.4 Å². The van der Waals surface area contributed by atoms with Gasteiger partial charge in [0.2, 0.25) is 0 Å². The summed E-state index contributed by atoms with van der Waals surface area (Å²) in [6.45, 7) is 9.80. The van der Waals surface area contributed by atoms with E-state index in [0.29, 0.717) is 12.5 Å². The third-order valence-electron chi connectivity index (χ3n) is 2.78. The van der Waals surface area contributed by atoms with Crippen molar-refractivity contribution in [2.24, 2.45) is 5.92 Å². The number of hydrogen-bond donors (Lipinski definition) is 1. The lowest BCUT2D eigenvalue weighted by Crippen LogP contribution is -2.28. The molecule has 1 aromatic heterocycles. The highest BCUT2D eigenvalue weighted by Gasteiger charge is 2.17. The summed E-state index contributed by atoms with van der Waals surface area (Å²) in [6, 6.07) is 0.0971. The van der Waals surface area contributed by atoms with E-state index in [2.05, 4.69) is 34.7 Å². The molecule has 1 aromatic rings. The highest BCUT2D eigenvalue weighted by Crippen LogP contribution is 2.09. The van der Waals surface area contributed by atoms with Crippen LogP contribution < -0.4 is 5.32 Å². The van der Waals surface area contributed by atoms with Gasteiger partial charge in [-0.1, -0.05) is 13.8 Å². The summed E-state index contributed by atoms with van der Waals surface area (Å²) < 4.78 is 13.1. The van der Waals surface area contributed by atoms with Gasteiger partial charge < -0.3 is 5.32 Å². The van der Waals surface area contributed by atoms with E-state index < -0.39 is 10.8 Å². The van der Waals surface area contributed by atoms with Crippen molar-refractivity contribution in [1.82, 2.24) is 25.5 Å². The summed E-state index contributed by atoms with van der Waals surface area (Å²) in [4.78, 5) is 0. The van der Waals surface area contributed by atoms with Crippen molar-refractivity contribution in [1.29, 1.82) is 0 Å². The van der Waals surface area contributed by atoms with Crippen molar-refractivity contribution in [2.75, 3.05) is 12.8 Å². The van der Waals surface area contributed by atoms with Crippen LogP contribution in [0.15, 0.2) is 0 Å². The quantitative estimate of drug-likeness (QED) is 0.793. The molecule has 1 rings (SSSR count). The molecular weight excluding hydrogens is 250 g/mol. The molecule has 3 unspecified atom stereocenters. The molecule has 3 atom stereocenters. The molecule has 1 N–H and O–H groups in total. The number of tetrazole rings is 1. The fourth-order valence-corrected chi connectivity index (χ4v) is 1.86. The molecular formula is C11H23N5OS. The first-order valence-electron chi connectivity index (χ1n) is 6.23. The minimum absolute atomic E-state index is 0.0459. The van der Waals surface area contributed by atoms with Crippen LogP contribution in [0, 0.1) is 5.92 Å². The van der Waals surface area contributed by atoms with Crippen LogP contribution in [0.4, 0.5) is 0 Å². The molecule has 1 heterocycles. The number of hydrogen-bond acceptors (Lipinski definition) is 5. The summed E-state index contributed by atoms with van der Waals surface area (Å²) in [7, 11) is -0.864. The SMILES string of the molecule is CC(C)CNC(C)c1nnnn1CC(C)S(C)=O. The maximum Gasteiger partial charge on any atom is 0.167 e. The van der Waals surface area contributed by atoms with E-state index in [-0.39, 0.29) is 11.3 Å². The zero-order chi connectivity index (χ0) is 13.7. The first-order valence-corrected chi connectivity index (χ1v) is 7.85. The van der Waals surface area contributed by atoms with E-state index in [1.807, 2.05) is 13.8 Å². The van der Waals surface area contributed by atoms with Crippen LogP contribution >= 0.6 is 0 Å². The Bertz CT molecular complexity index is 393. The molecule has 0 saturated heterocycles. The summed E-state index contributed by atoms with van der Waals surface area (Å²) in [6.07, 6.45) is 1.70. The van der Waals surface area contributed by atoms with Crippen molar-refractivity contribution in [3.8, 4) is 0 Å². The average Bonchev–Trinajstić information content (AvgIpc) is 2.73. The van der Waals surface area contributed by atoms with Gasteiger partial charge in [0.25, 0.3) is 0 Å². The molecule has 0 spiro atoms. The van der Waals surface area contributed by atoms with Gasteiger partial charge in [-0.2, -0.15) is 0 Å². The first-order chi connectivity index (χ1) is 8.41. The van der Waals surface area contributed by atoms with Gasteiger partial charge in [-0.15, -0.1) is 5.10 Å². The Morgan fingerprint density at radius 1 is 1.33 bits per heavy atom. The monoisotopic (exact) mass is 273 g/mol. The van der Waals surface area contributed by atoms with E-state index in [4.69, 9.17) is 0 Å². The topological polar surface area (TPSA) is 72.7 Å². The van der Waals surface area contributed by atoms with E-state index in [9.17, 15) is 4.21 Å². The van der Waals surface area contributed by atoms with Gasteiger partial charge >= 0.3 is 0 Å². The highest BCUT2D eigenvalue weighted by molar-refractivity contribution is 7.84. The Labute approximate surface area is 111 Å². The molecule has 6 nitrogen and oxygen atoms in total. The fourth-order valence-electron chi connectivity index (χ4n) is 1.50. The molecule has 0 fully saturated rings. The third-order valence-corrected chi connectivity index (χ3v) is 4.06. The average molecular weight is 273 g/mol. The second-order valence-electron chi connectivity index (χ2n) is 5.05. The van der Waals surface area contributed by atoms with Crippen molar-refractivity contribution >= 4 is 10.8 Å². The van der Waals surface area contributed by atoms with Crippen LogP contribution in [0.3, 0.4) is 0 Å². The molecule has 0 aliphatic rings. The predicted octanol–water partition coefficient (Wildman–Crippen LogP) is 0.747. The minimum atomic E-state index is -0.864. The Morgan fingerprint density at radius 2 is 2.00 bits per heavy atom. The maximum atomic E-state index is 11.4. The largest absolute Gasteiger partial charge is 0.307 e. The molecule has 0 aliphatic heterocycles. The van der Waals surface area contributed by atoms with Crippen LogP contribution in [-0.4, -0.2) is 42.5 Å². The standard InChI is InChI=1S/C11H23N5OS/c1-8(2)6-12-10(4)11-13-14-15-16(11)7-9(3)18(5)17/h8-10,12H,6-7H2,1-5H3. The van der Waals surface area contributed by atoms with Crippen LogP contribution in [0.2, 0.25) is 0 Å². The van der Waals surface area contributed by atoms with Crippen LogP contribution in [0.1, 0.15) is 39.6 Å². The number of rotatable bonds is 7. The second kappa shape index (κ2) is 6.94. The molecule has 0 bridgehead atoms. The lowest BCUT2D eigenvalue weighted by molar-refractivity contribution is 0.451. The van der Waals surface area contributed by atoms with Gasteiger partial charge in [0.05, 0.1) is 17.8 Å². The zero-order valence-electron chi connectivity index (χ0n) is 11.8. The number of nitrogens with zero attached hydrogens (tertiary/aromatic N) is 4. The smallest absolute Gasteiger partial charge is 0.167 e. The van der Waals surface area contributed by atoms with Crippen LogP contribution in [0.25, 0.3) is 0 Å². The van der Waals surface area contributed by atoms with Crippen molar-refractivity contribution < 1.29 is 4.21 Å². The normalized spacial score (nSPS) is 16.8. The van der Waals surface area contributed by atoms with E-state index in [1.165, 1.54) is 0 Å². The van der Waals surface area contributed by atoms with Gasteiger partial charge in [-0.05, 0) is 36.7 Å². The van der Waals surface area contributed by atoms with Crippen molar-refractivity contribution in [2.45, 2.75) is 45.5 Å². The molecule has 104 valence electrons. The van der Waals surface area contributed by atoms with Gasteiger partial charge in [-0.3, -0.25) is 4.21 Å². The van der Waals surface area contributed by atoms with Crippen LogP contribution in [0.5, 0.6) is 0 Å². The van der Waals surface area contributed by atoms with Crippen molar-refractivity contribution in [3.05, 3.63) is 5.82 Å². The Kier molecular flexibility index (Phi) is 5.87.